The first-order valence-electron chi connectivity index (χ1n) is 7.00. The average Bonchev–Trinajstić information content (AvgIpc) is 2.99. The summed E-state index contributed by atoms with van der Waals surface area (Å²) < 4.78 is 5.90. The summed E-state index contributed by atoms with van der Waals surface area (Å²) in [6.45, 7) is 1.43. The standard InChI is InChI=1S/C15H13Cl2N3O3/c16-13-3-2-11(7-14(13)17)23-12-5-6-19(9-12)15-4-1-10(8-18-15)20(21)22/h1-4,7-8,12H,5-6,9H2. The smallest absolute Gasteiger partial charge is 0.287 e. The Labute approximate surface area is 142 Å². The number of hydrogen-bond acceptors (Lipinski definition) is 5. The molecule has 1 aliphatic rings. The molecule has 3 rings (SSSR count). The van der Waals surface area contributed by atoms with Gasteiger partial charge in [-0.1, -0.05) is 23.2 Å². The third-order valence-corrected chi connectivity index (χ3v) is 4.34. The van der Waals surface area contributed by atoms with Crippen molar-refractivity contribution in [2.45, 2.75) is 12.5 Å². The lowest BCUT2D eigenvalue weighted by Crippen LogP contribution is -2.25. The van der Waals surface area contributed by atoms with E-state index in [4.69, 9.17) is 27.9 Å². The van der Waals surface area contributed by atoms with Gasteiger partial charge in [-0.2, -0.15) is 0 Å². The molecule has 0 radical (unpaired) electrons. The molecule has 0 saturated carbocycles. The fourth-order valence-electron chi connectivity index (χ4n) is 2.45. The normalized spacial score (nSPS) is 17.3. The Morgan fingerprint density at radius 3 is 2.74 bits per heavy atom. The highest BCUT2D eigenvalue weighted by Gasteiger charge is 2.25. The highest BCUT2D eigenvalue weighted by Crippen LogP contribution is 2.29. The lowest BCUT2D eigenvalue weighted by molar-refractivity contribution is -0.385. The Kier molecular flexibility index (Phi) is 4.54. The molecule has 1 aromatic heterocycles. The molecule has 23 heavy (non-hydrogen) atoms. The zero-order chi connectivity index (χ0) is 16.4. The van der Waals surface area contributed by atoms with E-state index in [0.717, 1.165) is 13.0 Å². The second kappa shape index (κ2) is 6.60. The van der Waals surface area contributed by atoms with E-state index < -0.39 is 4.92 Å². The van der Waals surface area contributed by atoms with Crippen LogP contribution in [0.4, 0.5) is 11.5 Å². The molecule has 0 amide bonds. The van der Waals surface area contributed by atoms with Crippen LogP contribution in [0.2, 0.25) is 10.0 Å². The van der Waals surface area contributed by atoms with Crippen LogP contribution in [-0.4, -0.2) is 29.1 Å². The molecule has 1 saturated heterocycles. The maximum atomic E-state index is 10.7. The number of anilines is 1. The van der Waals surface area contributed by atoms with Crippen molar-refractivity contribution < 1.29 is 9.66 Å². The zero-order valence-electron chi connectivity index (χ0n) is 12.0. The number of nitrogens with zero attached hydrogens (tertiary/aromatic N) is 3. The van der Waals surface area contributed by atoms with Gasteiger partial charge in [0.25, 0.3) is 5.69 Å². The number of halogens is 2. The summed E-state index contributed by atoms with van der Waals surface area (Å²) in [5.41, 5.74) is -0.0171. The number of hydrogen-bond donors (Lipinski definition) is 0. The maximum Gasteiger partial charge on any atom is 0.287 e. The number of benzene rings is 1. The fourth-order valence-corrected chi connectivity index (χ4v) is 2.74. The van der Waals surface area contributed by atoms with Gasteiger partial charge in [0.15, 0.2) is 0 Å². The van der Waals surface area contributed by atoms with Crippen molar-refractivity contribution in [3.63, 3.8) is 0 Å². The molecule has 1 aliphatic heterocycles. The molecule has 1 aromatic carbocycles. The third kappa shape index (κ3) is 3.65. The highest BCUT2D eigenvalue weighted by atomic mass is 35.5. The fraction of sp³-hybridized carbons (Fsp3) is 0.267. The van der Waals surface area contributed by atoms with Gasteiger partial charge in [-0.05, 0) is 18.2 Å². The lowest BCUT2D eigenvalue weighted by Gasteiger charge is -2.18. The summed E-state index contributed by atoms with van der Waals surface area (Å²) in [4.78, 5) is 16.4. The Morgan fingerprint density at radius 2 is 2.09 bits per heavy atom. The van der Waals surface area contributed by atoms with Crippen LogP contribution >= 0.6 is 23.2 Å². The van der Waals surface area contributed by atoms with Crippen LogP contribution in [0.1, 0.15) is 6.42 Å². The average molecular weight is 354 g/mol. The molecular weight excluding hydrogens is 341 g/mol. The first-order chi connectivity index (χ1) is 11.0. The largest absolute Gasteiger partial charge is 0.488 e. The van der Waals surface area contributed by atoms with Gasteiger partial charge in [-0.25, -0.2) is 4.98 Å². The summed E-state index contributed by atoms with van der Waals surface area (Å²) in [5, 5.41) is 11.6. The number of nitro groups is 1. The zero-order valence-corrected chi connectivity index (χ0v) is 13.5. The molecule has 1 atom stereocenters. The van der Waals surface area contributed by atoms with Crippen LogP contribution < -0.4 is 9.64 Å². The van der Waals surface area contributed by atoms with Gasteiger partial charge in [0, 0.05) is 25.1 Å². The van der Waals surface area contributed by atoms with Crippen LogP contribution in [0.5, 0.6) is 5.75 Å². The second-order valence-corrected chi connectivity index (χ2v) is 6.00. The molecule has 1 fully saturated rings. The molecular formula is C15H13Cl2N3O3. The number of rotatable bonds is 4. The predicted octanol–water partition coefficient (Wildman–Crippen LogP) is 3.95. The molecule has 0 aliphatic carbocycles. The monoisotopic (exact) mass is 353 g/mol. The molecule has 2 aromatic rings. The molecule has 0 N–H and O–H groups in total. The summed E-state index contributed by atoms with van der Waals surface area (Å²) >= 11 is 11.9. The molecule has 2 heterocycles. The van der Waals surface area contributed by atoms with E-state index in [1.165, 1.54) is 12.3 Å². The van der Waals surface area contributed by atoms with E-state index in [-0.39, 0.29) is 11.8 Å². The van der Waals surface area contributed by atoms with Crippen molar-refractivity contribution in [2.75, 3.05) is 18.0 Å². The second-order valence-electron chi connectivity index (χ2n) is 5.18. The molecule has 120 valence electrons. The third-order valence-electron chi connectivity index (χ3n) is 3.61. The van der Waals surface area contributed by atoms with Crippen molar-refractivity contribution in [1.82, 2.24) is 4.98 Å². The van der Waals surface area contributed by atoms with Crippen LogP contribution in [0.15, 0.2) is 36.5 Å². The highest BCUT2D eigenvalue weighted by molar-refractivity contribution is 6.42. The topological polar surface area (TPSA) is 68.5 Å². The van der Waals surface area contributed by atoms with Crippen molar-refractivity contribution in [2.24, 2.45) is 0 Å². The van der Waals surface area contributed by atoms with Crippen LogP contribution in [-0.2, 0) is 0 Å². The predicted molar refractivity (Wildman–Crippen MR) is 88.6 cm³/mol. The van der Waals surface area contributed by atoms with Gasteiger partial charge in [0.1, 0.15) is 23.9 Å². The van der Waals surface area contributed by atoms with Gasteiger partial charge in [-0.3, -0.25) is 10.1 Å². The van der Waals surface area contributed by atoms with Gasteiger partial charge in [0.2, 0.25) is 0 Å². The van der Waals surface area contributed by atoms with E-state index in [0.29, 0.717) is 28.2 Å². The van der Waals surface area contributed by atoms with Crippen molar-refractivity contribution >= 4 is 34.7 Å². The van der Waals surface area contributed by atoms with E-state index in [2.05, 4.69) is 4.98 Å². The minimum atomic E-state index is -0.461. The number of aromatic nitrogens is 1. The van der Waals surface area contributed by atoms with E-state index in [1.807, 2.05) is 4.90 Å². The van der Waals surface area contributed by atoms with E-state index in [9.17, 15) is 10.1 Å². The molecule has 6 nitrogen and oxygen atoms in total. The summed E-state index contributed by atoms with van der Waals surface area (Å²) in [7, 11) is 0. The van der Waals surface area contributed by atoms with Crippen LogP contribution in [0.3, 0.4) is 0 Å². The van der Waals surface area contributed by atoms with Crippen molar-refractivity contribution in [3.8, 4) is 5.75 Å². The molecule has 8 heteroatoms. The van der Waals surface area contributed by atoms with Gasteiger partial charge in [-0.15, -0.1) is 0 Å². The molecule has 0 bridgehead atoms. The Morgan fingerprint density at radius 1 is 1.26 bits per heavy atom. The summed E-state index contributed by atoms with van der Waals surface area (Å²) in [5.74, 6) is 1.37. The Hall–Kier alpha value is -2.05. The van der Waals surface area contributed by atoms with Gasteiger partial charge < -0.3 is 9.64 Å². The van der Waals surface area contributed by atoms with Crippen molar-refractivity contribution in [1.29, 1.82) is 0 Å². The Balaban J connectivity index is 1.63. The first-order valence-corrected chi connectivity index (χ1v) is 7.75. The summed E-state index contributed by atoms with van der Waals surface area (Å²) in [6, 6.07) is 8.27. The lowest BCUT2D eigenvalue weighted by atomic mass is 10.3. The van der Waals surface area contributed by atoms with Crippen LogP contribution in [0.25, 0.3) is 0 Å². The minimum absolute atomic E-state index is 0.00392. The van der Waals surface area contributed by atoms with Crippen molar-refractivity contribution in [3.05, 3.63) is 56.7 Å². The van der Waals surface area contributed by atoms with Gasteiger partial charge >= 0.3 is 0 Å². The minimum Gasteiger partial charge on any atom is -0.488 e. The van der Waals surface area contributed by atoms with Crippen LogP contribution in [0, 0.1) is 10.1 Å². The molecule has 1 unspecified atom stereocenters. The van der Waals surface area contributed by atoms with E-state index in [1.54, 1.807) is 24.3 Å². The number of ether oxygens (including phenoxy) is 1. The van der Waals surface area contributed by atoms with E-state index >= 15 is 0 Å². The van der Waals surface area contributed by atoms with Gasteiger partial charge in [0.05, 0.1) is 21.5 Å². The molecule has 0 spiro atoms. The Bertz CT molecular complexity index is 724. The summed E-state index contributed by atoms with van der Waals surface area (Å²) in [6.07, 6.45) is 2.10. The maximum absolute atomic E-state index is 10.7. The SMILES string of the molecule is O=[N+]([O-])c1ccc(N2CCC(Oc3ccc(Cl)c(Cl)c3)C2)nc1. The first kappa shape index (κ1) is 15.8. The number of pyridine rings is 1. The quantitative estimate of drug-likeness (QED) is 0.614.